The van der Waals surface area contributed by atoms with Crippen molar-refractivity contribution in [1.82, 2.24) is 5.32 Å². The van der Waals surface area contributed by atoms with E-state index in [1.165, 1.54) is 0 Å². The molecule has 2 atom stereocenters. The number of ether oxygens (including phenoxy) is 1. The SMILES string of the molecule is CC1CC(NC(=O)c2cccc(N)c2Br)CCO1. The summed E-state index contributed by atoms with van der Waals surface area (Å²) in [5.74, 6) is -0.0896. The molecule has 5 heteroatoms. The van der Waals surface area contributed by atoms with E-state index >= 15 is 0 Å². The number of nitrogens with two attached hydrogens (primary N) is 1. The first kappa shape index (κ1) is 13.4. The molecule has 3 N–H and O–H groups in total. The number of benzene rings is 1. The maximum atomic E-state index is 12.2. The number of halogens is 1. The summed E-state index contributed by atoms with van der Waals surface area (Å²) in [6.45, 7) is 2.72. The highest BCUT2D eigenvalue weighted by Gasteiger charge is 2.22. The summed E-state index contributed by atoms with van der Waals surface area (Å²) in [7, 11) is 0. The van der Waals surface area contributed by atoms with Crippen molar-refractivity contribution in [3.63, 3.8) is 0 Å². The summed E-state index contributed by atoms with van der Waals surface area (Å²) in [6.07, 6.45) is 1.91. The third kappa shape index (κ3) is 3.03. The van der Waals surface area contributed by atoms with Crippen LogP contribution in [0.15, 0.2) is 22.7 Å². The van der Waals surface area contributed by atoms with Crippen molar-refractivity contribution in [3.05, 3.63) is 28.2 Å². The first-order chi connectivity index (χ1) is 8.58. The van der Waals surface area contributed by atoms with Gasteiger partial charge in [0.25, 0.3) is 5.91 Å². The molecule has 0 radical (unpaired) electrons. The Balaban J connectivity index is 2.05. The monoisotopic (exact) mass is 312 g/mol. The van der Waals surface area contributed by atoms with E-state index in [1.807, 2.05) is 6.92 Å². The molecule has 1 saturated heterocycles. The van der Waals surface area contributed by atoms with Crippen molar-refractivity contribution in [2.75, 3.05) is 12.3 Å². The third-order valence-electron chi connectivity index (χ3n) is 3.09. The van der Waals surface area contributed by atoms with Gasteiger partial charge < -0.3 is 15.8 Å². The molecule has 2 unspecified atom stereocenters. The van der Waals surface area contributed by atoms with Crippen molar-refractivity contribution in [1.29, 1.82) is 0 Å². The Hall–Kier alpha value is -1.07. The van der Waals surface area contributed by atoms with Crippen LogP contribution in [-0.2, 0) is 4.74 Å². The van der Waals surface area contributed by atoms with Crippen LogP contribution in [0.5, 0.6) is 0 Å². The zero-order valence-electron chi connectivity index (χ0n) is 10.3. The number of hydrogen-bond acceptors (Lipinski definition) is 3. The fourth-order valence-corrected chi connectivity index (χ4v) is 2.56. The van der Waals surface area contributed by atoms with Gasteiger partial charge in [0, 0.05) is 18.3 Å². The summed E-state index contributed by atoms with van der Waals surface area (Å²) in [5, 5.41) is 3.03. The van der Waals surface area contributed by atoms with E-state index in [9.17, 15) is 4.79 Å². The van der Waals surface area contributed by atoms with Gasteiger partial charge in [0.1, 0.15) is 0 Å². The van der Waals surface area contributed by atoms with Gasteiger partial charge in [-0.1, -0.05) is 6.07 Å². The summed E-state index contributed by atoms with van der Waals surface area (Å²) < 4.78 is 6.11. The molecule has 0 saturated carbocycles. The van der Waals surface area contributed by atoms with Gasteiger partial charge in [-0.15, -0.1) is 0 Å². The van der Waals surface area contributed by atoms with E-state index in [4.69, 9.17) is 10.5 Å². The molecule has 1 aliphatic heterocycles. The molecule has 1 heterocycles. The number of carbonyl (C=O) groups excluding carboxylic acids is 1. The number of carbonyl (C=O) groups is 1. The quantitative estimate of drug-likeness (QED) is 0.824. The van der Waals surface area contributed by atoms with E-state index in [2.05, 4.69) is 21.2 Å². The van der Waals surface area contributed by atoms with Gasteiger partial charge in [0.05, 0.1) is 16.1 Å². The lowest BCUT2D eigenvalue weighted by Crippen LogP contribution is -2.41. The highest BCUT2D eigenvalue weighted by atomic mass is 79.9. The van der Waals surface area contributed by atoms with Gasteiger partial charge in [-0.25, -0.2) is 0 Å². The normalized spacial score (nSPS) is 23.7. The van der Waals surface area contributed by atoms with Gasteiger partial charge >= 0.3 is 0 Å². The Bertz CT molecular complexity index is 451. The van der Waals surface area contributed by atoms with E-state index in [0.717, 1.165) is 12.8 Å². The van der Waals surface area contributed by atoms with E-state index in [0.29, 0.717) is 22.3 Å². The minimum Gasteiger partial charge on any atom is -0.398 e. The first-order valence-electron chi connectivity index (χ1n) is 6.04. The average molecular weight is 313 g/mol. The van der Waals surface area contributed by atoms with Gasteiger partial charge in [-0.05, 0) is 47.8 Å². The summed E-state index contributed by atoms with van der Waals surface area (Å²) in [6, 6.07) is 5.48. The molecule has 2 rings (SSSR count). The zero-order chi connectivity index (χ0) is 13.1. The molecule has 0 spiro atoms. The molecule has 1 aromatic carbocycles. The molecule has 1 fully saturated rings. The Morgan fingerprint density at radius 3 is 3.06 bits per heavy atom. The van der Waals surface area contributed by atoms with Crippen LogP contribution >= 0.6 is 15.9 Å². The van der Waals surface area contributed by atoms with Crippen LogP contribution in [0.3, 0.4) is 0 Å². The third-order valence-corrected chi connectivity index (χ3v) is 3.98. The second-order valence-electron chi connectivity index (χ2n) is 4.58. The fraction of sp³-hybridized carbons (Fsp3) is 0.462. The lowest BCUT2D eigenvalue weighted by atomic mass is 10.0. The minimum absolute atomic E-state index is 0.0896. The maximum Gasteiger partial charge on any atom is 0.252 e. The number of nitrogen functional groups attached to an aromatic ring is 1. The first-order valence-corrected chi connectivity index (χ1v) is 6.83. The van der Waals surface area contributed by atoms with Gasteiger partial charge in [-0.3, -0.25) is 4.79 Å². The largest absolute Gasteiger partial charge is 0.398 e. The molecule has 0 aliphatic carbocycles. The standard InChI is InChI=1S/C13H17BrN2O2/c1-8-7-9(5-6-18-8)16-13(17)10-3-2-4-11(15)12(10)14/h2-4,8-9H,5-7,15H2,1H3,(H,16,17). The van der Waals surface area contributed by atoms with Crippen LogP contribution in [0.1, 0.15) is 30.1 Å². The van der Waals surface area contributed by atoms with Crippen LogP contribution in [0.25, 0.3) is 0 Å². The van der Waals surface area contributed by atoms with Crippen LogP contribution in [0, 0.1) is 0 Å². The molecule has 1 aromatic rings. The molecule has 18 heavy (non-hydrogen) atoms. The maximum absolute atomic E-state index is 12.2. The van der Waals surface area contributed by atoms with Gasteiger partial charge in [0.15, 0.2) is 0 Å². The zero-order valence-corrected chi connectivity index (χ0v) is 11.9. The lowest BCUT2D eigenvalue weighted by molar-refractivity contribution is 0.0136. The van der Waals surface area contributed by atoms with Crippen LogP contribution in [0.2, 0.25) is 0 Å². The molecule has 4 nitrogen and oxygen atoms in total. The second kappa shape index (κ2) is 5.71. The number of nitrogens with one attached hydrogen (secondary N) is 1. The van der Waals surface area contributed by atoms with Crippen LogP contribution < -0.4 is 11.1 Å². The summed E-state index contributed by atoms with van der Waals surface area (Å²) >= 11 is 3.35. The smallest absolute Gasteiger partial charge is 0.252 e. The molecular weight excluding hydrogens is 296 g/mol. The van der Waals surface area contributed by atoms with E-state index in [1.54, 1.807) is 18.2 Å². The van der Waals surface area contributed by atoms with Crippen molar-refractivity contribution in [2.45, 2.75) is 31.9 Å². The molecule has 1 aliphatic rings. The summed E-state index contributed by atoms with van der Waals surface area (Å²) in [4.78, 5) is 12.2. The number of amides is 1. The molecule has 98 valence electrons. The molecule has 1 amide bonds. The predicted molar refractivity (Wildman–Crippen MR) is 74.5 cm³/mol. The van der Waals surface area contributed by atoms with Gasteiger partial charge in [0.2, 0.25) is 0 Å². The Kier molecular flexibility index (Phi) is 4.24. The molecule has 0 aromatic heterocycles. The number of hydrogen-bond donors (Lipinski definition) is 2. The van der Waals surface area contributed by atoms with Crippen molar-refractivity contribution in [3.8, 4) is 0 Å². The second-order valence-corrected chi connectivity index (χ2v) is 5.38. The van der Waals surface area contributed by atoms with Crippen LogP contribution in [0.4, 0.5) is 5.69 Å². The molecule has 0 bridgehead atoms. The lowest BCUT2D eigenvalue weighted by Gasteiger charge is -2.28. The summed E-state index contributed by atoms with van der Waals surface area (Å²) in [5.41, 5.74) is 6.92. The predicted octanol–water partition coefficient (Wildman–Crippen LogP) is 2.33. The van der Waals surface area contributed by atoms with Crippen molar-refractivity contribution < 1.29 is 9.53 Å². The Morgan fingerprint density at radius 2 is 2.33 bits per heavy atom. The Labute approximate surface area is 115 Å². The minimum atomic E-state index is -0.0896. The number of rotatable bonds is 2. The Morgan fingerprint density at radius 1 is 1.56 bits per heavy atom. The van der Waals surface area contributed by atoms with Crippen LogP contribution in [-0.4, -0.2) is 24.7 Å². The van der Waals surface area contributed by atoms with Crippen molar-refractivity contribution >= 4 is 27.5 Å². The topological polar surface area (TPSA) is 64.4 Å². The van der Waals surface area contributed by atoms with E-state index in [-0.39, 0.29) is 18.1 Å². The highest BCUT2D eigenvalue weighted by Crippen LogP contribution is 2.24. The molecular formula is C13H17BrN2O2. The van der Waals surface area contributed by atoms with Crippen molar-refractivity contribution in [2.24, 2.45) is 0 Å². The fourth-order valence-electron chi connectivity index (χ4n) is 2.12. The van der Waals surface area contributed by atoms with Gasteiger partial charge in [-0.2, -0.15) is 0 Å². The average Bonchev–Trinajstić information content (AvgIpc) is 2.32. The van der Waals surface area contributed by atoms with E-state index < -0.39 is 0 Å². The number of anilines is 1. The highest BCUT2D eigenvalue weighted by molar-refractivity contribution is 9.10.